The van der Waals surface area contributed by atoms with Crippen LogP contribution in [0.5, 0.6) is 0 Å². The maximum Gasteiger partial charge on any atom is 0.261 e. The maximum absolute atomic E-state index is 12.7. The number of likely N-dealkylation sites (tertiary alicyclic amines) is 1. The van der Waals surface area contributed by atoms with Crippen molar-refractivity contribution in [1.29, 1.82) is 0 Å². The van der Waals surface area contributed by atoms with E-state index < -0.39 is 10.0 Å². The Morgan fingerprint density at radius 3 is 2.37 bits per heavy atom. The molecule has 3 aromatic carbocycles. The Kier molecular flexibility index (Phi) is 8.11. The SMILES string of the molecule is Cc1ccc(S(=O)(=O)Nc2ccc(C(=O)NCc3cccc(CN4CCCCC4)c3)c(Cl)c2)cc1. The van der Waals surface area contributed by atoms with Gasteiger partial charge < -0.3 is 5.32 Å². The third-order valence-electron chi connectivity index (χ3n) is 6.10. The topological polar surface area (TPSA) is 78.5 Å². The van der Waals surface area contributed by atoms with Crippen molar-refractivity contribution in [3.63, 3.8) is 0 Å². The van der Waals surface area contributed by atoms with Crippen LogP contribution in [0, 0.1) is 6.92 Å². The molecule has 1 fully saturated rings. The van der Waals surface area contributed by atoms with Gasteiger partial charge in [0.15, 0.2) is 0 Å². The largest absolute Gasteiger partial charge is 0.348 e. The first kappa shape index (κ1) is 25.2. The molecule has 0 radical (unpaired) electrons. The van der Waals surface area contributed by atoms with Gasteiger partial charge in [-0.2, -0.15) is 0 Å². The average molecular weight is 512 g/mol. The van der Waals surface area contributed by atoms with Crippen molar-refractivity contribution in [3.8, 4) is 0 Å². The number of carbonyl (C=O) groups excluding carboxylic acids is 1. The highest BCUT2D eigenvalue weighted by molar-refractivity contribution is 7.92. The number of sulfonamides is 1. The molecular weight excluding hydrogens is 482 g/mol. The van der Waals surface area contributed by atoms with E-state index in [1.807, 2.05) is 19.1 Å². The predicted molar refractivity (Wildman–Crippen MR) is 140 cm³/mol. The van der Waals surface area contributed by atoms with E-state index >= 15 is 0 Å². The van der Waals surface area contributed by atoms with Gasteiger partial charge in [0.1, 0.15) is 0 Å². The molecule has 1 amide bonds. The van der Waals surface area contributed by atoms with E-state index in [0.29, 0.717) is 6.54 Å². The van der Waals surface area contributed by atoms with Crippen LogP contribution in [0.2, 0.25) is 5.02 Å². The Bertz CT molecular complexity index is 1290. The molecule has 0 bridgehead atoms. The summed E-state index contributed by atoms with van der Waals surface area (Å²) in [6, 6.07) is 19.3. The summed E-state index contributed by atoms with van der Waals surface area (Å²) in [6.07, 6.45) is 3.82. The Labute approximate surface area is 212 Å². The lowest BCUT2D eigenvalue weighted by molar-refractivity contribution is 0.0951. The number of amides is 1. The second-order valence-electron chi connectivity index (χ2n) is 8.95. The Hall–Kier alpha value is -2.87. The first-order valence-electron chi connectivity index (χ1n) is 11.8. The lowest BCUT2D eigenvalue weighted by Gasteiger charge is -2.26. The average Bonchev–Trinajstić information content (AvgIpc) is 2.83. The van der Waals surface area contributed by atoms with E-state index in [1.54, 1.807) is 24.3 Å². The zero-order valence-corrected chi connectivity index (χ0v) is 21.3. The number of anilines is 1. The monoisotopic (exact) mass is 511 g/mol. The van der Waals surface area contributed by atoms with Crippen molar-refractivity contribution in [1.82, 2.24) is 10.2 Å². The quantitative estimate of drug-likeness (QED) is 0.426. The van der Waals surface area contributed by atoms with Crippen molar-refractivity contribution >= 4 is 33.2 Å². The van der Waals surface area contributed by atoms with Gasteiger partial charge in [0.25, 0.3) is 15.9 Å². The highest BCUT2D eigenvalue weighted by Crippen LogP contribution is 2.24. The standard InChI is InChI=1S/C27H30ClN3O3S/c1-20-8-11-24(12-9-20)35(33,34)30-23-10-13-25(26(28)17-23)27(32)29-18-21-6-5-7-22(16-21)19-31-14-3-2-4-15-31/h5-13,16-17,30H,2-4,14-15,18-19H2,1H3,(H,29,32). The Morgan fingerprint density at radius 2 is 1.66 bits per heavy atom. The van der Waals surface area contributed by atoms with Crippen molar-refractivity contribution < 1.29 is 13.2 Å². The van der Waals surface area contributed by atoms with Gasteiger partial charge >= 0.3 is 0 Å². The highest BCUT2D eigenvalue weighted by Gasteiger charge is 2.17. The minimum absolute atomic E-state index is 0.156. The molecule has 1 saturated heterocycles. The fourth-order valence-electron chi connectivity index (χ4n) is 4.19. The summed E-state index contributed by atoms with van der Waals surface area (Å²) in [6.45, 7) is 5.46. The smallest absolute Gasteiger partial charge is 0.261 e. The maximum atomic E-state index is 12.7. The van der Waals surface area contributed by atoms with Gasteiger partial charge in [0.2, 0.25) is 0 Å². The molecule has 4 rings (SSSR count). The molecule has 0 aromatic heterocycles. The van der Waals surface area contributed by atoms with Crippen LogP contribution < -0.4 is 10.0 Å². The van der Waals surface area contributed by atoms with E-state index in [2.05, 4.69) is 27.1 Å². The molecule has 35 heavy (non-hydrogen) atoms. The molecule has 2 N–H and O–H groups in total. The van der Waals surface area contributed by atoms with Crippen LogP contribution in [-0.2, 0) is 23.1 Å². The van der Waals surface area contributed by atoms with Gasteiger partial charge in [-0.15, -0.1) is 0 Å². The number of rotatable bonds is 8. The fourth-order valence-corrected chi connectivity index (χ4v) is 5.50. The zero-order valence-electron chi connectivity index (χ0n) is 19.8. The van der Waals surface area contributed by atoms with Gasteiger partial charge in [-0.25, -0.2) is 8.42 Å². The number of hydrogen-bond donors (Lipinski definition) is 2. The summed E-state index contributed by atoms with van der Waals surface area (Å²) < 4.78 is 27.7. The summed E-state index contributed by atoms with van der Waals surface area (Å²) in [5.41, 5.74) is 3.80. The van der Waals surface area contributed by atoms with Crippen molar-refractivity contribution in [2.75, 3.05) is 17.8 Å². The molecule has 3 aromatic rings. The molecule has 1 aliphatic rings. The molecule has 1 heterocycles. The van der Waals surface area contributed by atoms with Crippen LogP contribution in [0.1, 0.15) is 46.3 Å². The molecule has 0 saturated carbocycles. The van der Waals surface area contributed by atoms with Crippen LogP contribution in [0.15, 0.2) is 71.6 Å². The Morgan fingerprint density at radius 1 is 0.943 bits per heavy atom. The Balaban J connectivity index is 1.37. The zero-order chi connectivity index (χ0) is 24.8. The van der Waals surface area contributed by atoms with Crippen LogP contribution in [0.3, 0.4) is 0 Å². The summed E-state index contributed by atoms with van der Waals surface area (Å²) in [7, 11) is -3.75. The summed E-state index contributed by atoms with van der Waals surface area (Å²) in [5.74, 6) is -0.315. The number of hydrogen-bond acceptors (Lipinski definition) is 4. The molecule has 6 nitrogen and oxygen atoms in total. The van der Waals surface area contributed by atoms with Crippen LogP contribution >= 0.6 is 11.6 Å². The molecule has 0 aliphatic carbocycles. The lowest BCUT2D eigenvalue weighted by Crippen LogP contribution is -2.29. The van der Waals surface area contributed by atoms with Crippen LogP contribution in [0.4, 0.5) is 5.69 Å². The summed E-state index contributed by atoms with van der Waals surface area (Å²) >= 11 is 6.33. The van der Waals surface area contributed by atoms with E-state index in [9.17, 15) is 13.2 Å². The third kappa shape index (κ3) is 6.84. The number of benzene rings is 3. The van der Waals surface area contributed by atoms with Gasteiger partial charge in [-0.05, 0) is 74.3 Å². The molecule has 8 heteroatoms. The summed E-state index contributed by atoms with van der Waals surface area (Å²) in [4.78, 5) is 15.4. The van der Waals surface area contributed by atoms with Gasteiger partial charge in [0, 0.05) is 13.1 Å². The fraction of sp³-hybridized carbons (Fsp3) is 0.296. The van der Waals surface area contributed by atoms with E-state index in [-0.39, 0.29) is 27.1 Å². The lowest BCUT2D eigenvalue weighted by atomic mass is 10.1. The minimum atomic E-state index is -3.75. The predicted octanol–water partition coefficient (Wildman–Crippen LogP) is 5.37. The second-order valence-corrected chi connectivity index (χ2v) is 11.0. The normalized spacial score (nSPS) is 14.5. The molecule has 0 atom stereocenters. The van der Waals surface area contributed by atoms with Crippen molar-refractivity contribution in [2.45, 2.75) is 44.2 Å². The molecule has 184 valence electrons. The molecule has 0 spiro atoms. The molecular formula is C27H30ClN3O3S. The number of aryl methyl sites for hydroxylation is 1. The number of carbonyl (C=O) groups is 1. The van der Waals surface area contributed by atoms with E-state index in [1.165, 1.54) is 43.0 Å². The molecule has 1 aliphatic heterocycles. The third-order valence-corrected chi connectivity index (χ3v) is 7.81. The van der Waals surface area contributed by atoms with E-state index in [0.717, 1.165) is 30.8 Å². The first-order chi connectivity index (χ1) is 16.8. The van der Waals surface area contributed by atoms with Gasteiger partial charge in [-0.1, -0.05) is 60.0 Å². The van der Waals surface area contributed by atoms with Gasteiger partial charge in [-0.3, -0.25) is 14.4 Å². The number of piperidine rings is 1. The first-order valence-corrected chi connectivity index (χ1v) is 13.6. The van der Waals surface area contributed by atoms with Crippen molar-refractivity contribution in [2.24, 2.45) is 0 Å². The van der Waals surface area contributed by atoms with E-state index in [4.69, 9.17) is 11.6 Å². The second kappa shape index (κ2) is 11.2. The number of nitrogens with zero attached hydrogens (tertiary/aromatic N) is 1. The van der Waals surface area contributed by atoms with Crippen LogP contribution in [0.25, 0.3) is 0 Å². The van der Waals surface area contributed by atoms with Gasteiger partial charge in [0.05, 0.1) is 21.2 Å². The molecule has 0 unspecified atom stereocenters. The number of nitrogens with one attached hydrogen (secondary N) is 2. The van der Waals surface area contributed by atoms with Crippen molar-refractivity contribution in [3.05, 3.63) is 94.0 Å². The van der Waals surface area contributed by atoms with Crippen LogP contribution in [-0.4, -0.2) is 32.3 Å². The summed E-state index contributed by atoms with van der Waals surface area (Å²) in [5, 5.41) is 3.08. The minimum Gasteiger partial charge on any atom is -0.348 e. The number of halogens is 1. The highest BCUT2D eigenvalue weighted by atomic mass is 35.5.